The molecule has 0 aliphatic carbocycles. The number of thioether (sulfide) groups is 1. The first-order valence-electron chi connectivity index (χ1n) is 16.4. The van der Waals surface area contributed by atoms with Crippen LogP contribution >= 0.6 is 11.8 Å². The Morgan fingerprint density at radius 3 is 2.31 bits per heavy atom. The molecule has 3 N–H and O–H groups in total. The first-order chi connectivity index (χ1) is 21.7. The first-order valence-corrected chi connectivity index (χ1v) is 18.0. The molecule has 0 saturated carbocycles. The zero-order valence-corrected chi connectivity index (χ0v) is 30.0. The molecule has 0 radical (unpaired) electrons. The maximum atomic E-state index is 6.13. The van der Waals surface area contributed by atoms with Crippen molar-refractivity contribution >= 4 is 46.5 Å². The highest BCUT2D eigenvalue weighted by Gasteiger charge is 2.43. The van der Waals surface area contributed by atoms with Crippen LogP contribution in [0.3, 0.4) is 0 Å². The van der Waals surface area contributed by atoms with Crippen molar-refractivity contribution in [3.05, 3.63) is 54.2 Å². The molecule has 248 valence electrons. The number of nitrogen functional groups attached to an aromatic ring is 1. The third-order valence-corrected chi connectivity index (χ3v) is 7.98. The molecule has 2 aromatic heterocycles. The number of anilines is 6. The Hall–Kier alpha value is -3.08. The molecular formula is C35H56N8OS. The van der Waals surface area contributed by atoms with Crippen LogP contribution in [-0.2, 0) is 4.74 Å². The summed E-state index contributed by atoms with van der Waals surface area (Å²) in [5.74, 6) is 2.96. The molecule has 3 aliphatic heterocycles. The molecule has 0 spiro atoms. The third kappa shape index (κ3) is 9.01. The summed E-state index contributed by atoms with van der Waals surface area (Å²) >= 11 is 1.75. The Bertz CT molecular complexity index is 1320. The highest BCUT2D eigenvalue weighted by atomic mass is 32.2. The van der Waals surface area contributed by atoms with E-state index in [-0.39, 0.29) is 18.1 Å². The summed E-state index contributed by atoms with van der Waals surface area (Å²) in [6.07, 6.45) is 8.26. The molecule has 3 aliphatic rings. The number of nitrogens with one attached hydrogen (secondary N) is 1. The molecule has 3 unspecified atom stereocenters. The number of ether oxygens (including phenoxy) is 1. The molecule has 3 aromatic rings. The number of rotatable bonds is 6. The van der Waals surface area contributed by atoms with E-state index in [1.807, 2.05) is 64.6 Å². The van der Waals surface area contributed by atoms with Crippen molar-refractivity contribution < 1.29 is 4.74 Å². The quantitative estimate of drug-likeness (QED) is 0.285. The standard InChI is InChI=1S/C29H38N8O.C2H6S.2C2H6/c1-19-8-13-24-23(15-38-19)22-14-31-28(34-27(22)37(24)26-7-5-6-25(30)33-26)32-20-9-11-21(12-10-20)36-17-29(2,18-36)16-35(3)4;1-3-2;2*1-2/h5-7,9-12,14,19,23-24H,8,13,15-18H2,1-4H3,(H2,30,33)(H,31,32,34);1-2H3;2*1-2H3. The maximum absolute atomic E-state index is 6.13. The van der Waals surface area contributed by atoms with E-state index in [4.69, 9.17) is 20.4 Å². The molecule has 45 heavy (non-hydrogen) atoms. The van der Waals surface area contributed by atoms with Crippen LogP contribution in [0, 0.1) is 5.41 Å². The van der Waals surface area contributed by atoms with Gasteiger partial charge in [-0.15, -0.1) is 0 Å². The number of nitrogens with two attached hydrogens (primary N) is 1. The number of nitrogens with zero attached hydrogens (tertiary/aromatic N) is 6. The first kappa shape index (κ1) is 36.4. The van der Waals surface area contributed by atoms with Gasteiger partial charge in [0.25, 0.3) is 0 Å². The number of fused-ring (bicyclic) bond motifs is 3. The lowest BCUT2D eigenvalue weighted by molar-refractivity contribution is 0.0649. The van der Waals surface area contributed by atoms with E-state index in [1.54, 1.807) is 11.8 Å². The summed E-state index contributed by atoms with van der Waals surface area (Å²) in [7, 11) is 4.29. The summed E-state index contributed by atoms with van der Waals surface area (Å²) in [5, 5.41) is 3.41. The average Bonchev–Trinajstić information content (AvgIpc) is 3.19. The number of aromatic nitrogens is 3. The van der Waals surface area contributed by atoms with Crippen LogP contribution in [0.15, 0.2) is 48.7 Å². The molecular weight excluding hydrogens is 581 g/mol. The van der Waals surface area contributed by atoms with Gasteiger partial charge in [-0.3, -0.25) is 0 Å². The van der Waals surface area contributed by atoms with E-state index in [0.717, 1.165) is 55.4 Å². The van der Waals surface area contributed by atoms with Crippen LogP contribution < -0.4 is 20.9 Å². The van der Waals surface area contributed by atoms with E-state index < -0.39 is 0 Å². The highest BCUT2D eigenvalue weighted by Crippen LogP contribution is 2.47. The van der Waals surface area contributed by atoms with Gasteiger partial charge in [-0.1, -0.05) is 40.7 Å². The van der Waals surface area contributed by atoms with Gasteiger partial charge in [0.05, 0.1) is 12.7 Å². The van der Waals surface area contributed by atoms with Crippen molar-refractivity contribution in [2.75, 3.05) is 73.7 Å². The van der Waals surface area contributed by atoms with Gasteiger partial charge in [-0.05, 0) is 82.8 Å². The van der Waals surface area contributed by atoms with E-state index in [1.165, 1.54) is 5.69 Å². The second-order valence-corrected chi connectivity index (χ2v) is 13.0. The lowest BCUT2D eigenvalue weighted by Crippen LogP contribution is -2.58. The van der Waals surface area contributed by atoms with Gasteiger partial charge in [0.1, 0.15) is 17.5 Å². The van der Waals surface area contributed by atoms with Crippen LogP contribution in [0.25, 0.3) is 0 Å². The van der Waals surface area contributed by atoms with E-state index in [0.29, 0.717) is 23.8 Å². The van der Waals surface area contributed by atoms with Crippen LogP contribution in [0.2, 0.25) is 0 Å². The molecule has 3 atom stereocenters. The minimum atomic E-state index is 0.196. The van der Waals surface area contributed by atoms with Crippen LogP contribution in [0.4, 0.5) is 34.8 Å². The summed E-state index contributed by atoms with van der Waals surface area (Å²) in [4.78, 5) is 21.3. The number of benzene rings is 1. The van der Waals surface area contributed by atoms with Crippen molar-refractivity contribution in [2.45, 2.75) is 72.4 Å². The van der Waals surface area contributed by atoms with Crippen molar-refractivity contribution in [1.29, 1.82) is 0 Å². The number of hydrogen-bond acceptors (Lipinski definition) is 10. The van der Waals surface area contributed by atoms with Gasteiger partial charge in [0, 0.05) is 60.1 Å². The Kier molecular flexibility index (Phi) is 13.8. The van der Waals surface area contributed by atoms with Crippen LogP contribution in [-0.4, -0.2) is 84.8 Å². The molecule has 5 heterocycles. The second-order valence-electron chi connectivity index (χ2n) is 12.1. The van der Waals surface area contributed by atoms with E-state index >= 15 is 0 Å². The predicted molar refractivity (Wildman–Crippen MR) is 195 cm³/mol. The Morgan fingerprint density at radius 2 is 1.69 bits per heavy atom. The molecule has 9 nitrogen and oxygen atoms in total. The third-order valence-electron chi connectivity index (χ3n) is 7.98. The predicted octanol–water partition coefficient (Wildman–Crippen LogP) is 7.42. The summed E-state index contributed by atoms with van der Waals surface area (Å²) < 4.78 is 6.13. The lowest BCUT2D eigenvalue weighted by atomic mass is 9.81. The van der Waals surface area contributed by atoms with Gasteiger partial charge >= 0.3 is 0 Å². The van der Waals surface area contributed by atoms with Gasteiger partial charge < -0.3 is 30.5 Å². The Balaban J connectivity index is 0.000000733. The number of pyridine rings is 1. The SMILES string of the molecule is CC.CC.CC1CCC2C(CO1)c1cnc(Nc3ccc(N4CC(C)(CN(C)C)C4)cc3)nc1N2c1cccc(N)n1.CSC. The van der Waals surface area contributed by atoms with Gasteiger partial charge in [-0.2, -0.15) is 16.7 Å². The molecule has 6 rings (SSSR count). The van der Waals surface area contributed by atoms with Crippen molar-refractivity contribution in [2.24, 2.45) is 5.41 Å². The molecule has 2 saturated heterocycles. The number of hydrogen-bond donors (Lipinski definition) is 2. The topological polar surface area (TPSA) is 95.7 Å². The monoisotopic (exact) mass is 636 g/mol. The van der Waals surface area contributed by atoms with E-state index in [2.05, 4.69) is 77.2 Å². The summed E-state index contributed by atoms with van der Waals surface area (Å²) in [5.41, 5.74) is 9.73. The van der Waals surface area contributed by atoms with Crippen LogP contribution in [0.5, 0.6) is 0 Å². The zero-order valence-electron chi connectivity index (χ0n) is 29.2. The largest absolute Gasteiger partial charge is 0.384 e. The van der Waals surface area contributed by atoms with Gasteiger partial charge in [0.2, 0.25) is 5.95 Å². The lowest BCUT2D eigenvalue weighted by Gasteiger charge is -2.50. The molecule has 1 aromatic carbocycles. The minimum absolute atomic E-state index is 0.196. The van der Waals surface area contributed by atoms with E-state index in [9.17, 15) is 0 Å². The molecule has 0 bridgehead atoms. The Labute approximate surface area is 276 Å². The van der Waals surface area contributed by atoms with Crippen LogP contribution in [0.1, 0.15) is 65.9 Å². The summed E-state index contributed by atoms with van der Waals surface area (Å²) in [6.45, 7) is 16.4. The maximum Gasteiger partial charge on any atom is 0.229 e. The fourth-order valence-corrected chi connectivity index (χ4v) is 6.39. The van der Waals surface area contributed by atoms with Crippen molar-refractivity contribution in [3.63, 3.8) is 0 Å². The normalized spacial score (nSPS) is 20.9. The Morgan fingerprint density at radius 1 is 1.02 bits per heavy atom. The molecule has 10 heteroatoms. The smallest absolute Gasteiger partial charge is 0.229 e. The van der Waals surface area contributed by atoms with Crippen molar-refractivity contribution in [1.82, 2.24) is 19.9 Å². The average molecular weight is 637 g/mol. The van der Waals surface area contributed by atoms with Gasteiger partial charge in [0.15, 0.2) is 0 Å². The fraction of sp³-hybridized carbons (Fsp3) is 0.571. The molecule has 2 fully saturated rings. The highest BCUT2D eigenvalue weighted by molar-refractivity contribution is 7.97. The summed E-state index contributed by atoms with van der Waals surface area (Å²) in [6, 6.07) is 14.5. The minimum Gasteiger partial charge on any atom is -0.384 e. The molecule has 0 amide bonds. The van der Waals surface area contributed by atoms with Gasteiger partial charge in [-0.25, -0.2) is 9.97 Å². The second kappa shape index (κ2) is 17.0. The zero-order chi connectivity index (χ0) is 33.1. The van der Waals surface area contributed by atoms with Crippen molar-refractivity contribution in [3.8, 4) is 0 Å². The fourth-order valence-electron chi connectivity index (χ4n) is 6.39.